The van der Waals surface area contributed by atoms with Crippen LogP contribution in [0.2, 0.25) is 0 Å². The number of benzene rings is 6. The maximum Gasteiger partial charge on any atom is 0.401 e. The van der Waals surface area contributed by atoms with Gasteiger partial charge in [0.2, 0.25) is 0 Å². The number of aliphatic hydroxyl groups excluding tert-OH is 3. The molecule has 12 aromatic rings. The third-order valence-corrected chi connectivity index (χ3v) is 17.9. The second-order valence-electron chi connectivity index (χ2n) is 25.4. The van der Waals surface area contributed by atoms with Crippen molar-refractivity contribution in [2.75, 3.05) is 156 Å². The van der Waals surface area contributed by atoms with Crippen molar-refractivity contribution in [3.05, 3.63) is 165 Å². The number of aliphatic hydroxyl groups is 3. The molecule has 13 rings (SSSR count). The number of aryl methyl sites for hydroxylation is 3. The van der Waals surface area contributed by atoms with E-state index in [9.17, 15) is 23.4 Å². The standard InChI is InChI=1S/C28H35N7O3.C25H27F3N6O3.C24H28N6O3/c1-32-20-21(18-30-32)28-19-29-26-5-4-22(16-27(26)31-28)35(23-14-24(37-2)17-25(15-23)38-3)11-10-33-6-8-34(9-7-33)12-13-36;1-33-13-16(10-31-33)24-12-30-22-5-4-17(8-23(22)32-24)34(14-19(35)11-29-15-25(26,27)28)18-6-20(36-2)9-21(7-18)37-3;1-29-16-17(14-27-29)24-15-26-22-5-4-18(12-23(22)28-24)30(8-6-25-7-9-31)19-10-20(32-2)13-21(11-19)33-3/h4-5,14-20,36H,6-13H2,1-3H3;4-10,12-13,19,29,35H,11,14-15H2,1-3H3;4-5,10-16,25,31H,6-9H2,1-3H3/t;19-;/m.1./s1. The van der Waals surface area contributed by atoms with E-state index in [0.29, 0.717) is 70.7 Å². The highest BCUT2D eigenvalue weighted by atomic mass is 19.4. The van der Waals surface area contributed by atoms with Crippen LogP contribution in [0.15, 0.2) is 165 Å². The number of halogens is 3. The normalized spacial score (nSPS) is 12.8. The summed E-state index contributed by atoms with van der Waals surface area (Å²) in [5.74, 6) is 3.92. The summed E-state index contributed by atoms with van der Waals surface area (Å²) in [6, 6.07) is 34.6. The smallest absolute Gasteiger partial charge is 0.401 e. The number of methoxy groups -OCH3 is 6. The highest BCUT2D eigenvalue weighted by molar-refractivity contribution is 5.86. The third-order valence-electron chi connectivity index (χ3n) is 17.9. The molecule has 0 saturated carbocycles. The van der Waals surface area contributed by atoms with Crippen molar-refractivity contribution in [2.45, 2.75) is 12.3 Å². The van der Waals surface area contributed by atoms with Crippen molar-refractivity contribution in [1.29, 1.82) is 0 Å². The Hall–Kier alpha value is -11.3. The van der Waals surface area contributed by atoms with E-state index in [2.05, 4.69) is 72.6 Å². The van der Waals surface area contributed by atoms with Crippen LogP contribution in [0.25, 0.3) is 66.9 Å². The molecule has 1 fully saturated rings. The zero-order valence-corrected chi connectivity index (χ0v) is 61.8. The van der Waals surface area contributed by atoms with E-state index < -0.39 is 18.8 Å². The van der Waals surface area contributed by atoms with Gasteiger partial charge in [-0.1, -0.05) is 0 Å². The SMILES string of the molecule is COc1cc(OC)cc(N(CCN2CCN(CCO)CC2)c2ccc3ncc(-c4cnn(C)c4)nc3c2)c1.COc1cc(OC)cc(N(CCNCCO)c2ccc3ncc(-c4cnn(C)c4)nc3c2)c1.COc1cc(OC)cc(N(C[C@H](O)CNCC(F)(F)F)c2ccc3ncc(-c4cnn(C)c4)nc3c2)c1. The van der Waals surface area contributed by atoms with Crippen molar-refractivity contribution >= 4 is 67.2 Å². The second-order valence-corrected chi connectivity index (χ2v) is 25.4. The quantitative estimate of drug-likeness (QED) is 0.0262. The summed E-state index contributed by atoms with van der Waals surface area (Å²) in [5, 5.41) is 47.2. The van der Waals surface area contributed by atoms with Crippen LogP contribution in [0.3, 0.4) is 0 Å². The highest BCUT2D eigenvalue weighted by Gasteiger charge is 2.28. The van der Waals surface area contributed by atoms with Crippen LogP contribution in [0, 0.1) is 0 Å². The number of fused-ring (bicyclic) bond motifs is 3. The fourth-order valence-corrected chi connectivity index (χ4v) is 12.3. The van der Waals surface area contributed by atoms with Gasteiger partial charge in [-0.2, -0.15) is 28.5 Å². The molecule has 28 nitrogen and oxygen atoms in total. The number of nitrogens with one attached hydrogen (secondary N) is 2. The zero-order chi connectivity index (χ0) is 76.3. The van der Waals surface area contributed by atoms with Crippen LogP contribution < -0.4 is 53.8 Å². The van der Waals surface area contributed by atoms with Crippen LogP contribution >= 0.6 is 0 Å². The number of nitrogens with zero attached hydrogens (tertiary/aromatic N) is 17. The Morgan fingerprint density at radius 3 is 1.13 bits per heavy atom. The van der Waals surface area contributed by atoms with E-state index in [1.807, 2.05) is 113 Å². The average Bonchev–Trinajstić information content (AvgIpc) is 0.959. The predicted molar refractivity (Wildman–Crippen MR) is 410 cm³/mol. The van der Waals surface area contributed by atoms with E-state index in [4.69, 9.17) is 48.5 Å². The van der Waals surface area contributed by atoms with Gasteiger partial charge in [-0.3, -0.25) is 38.8 Å². The van der Waals surface area contributed by atoms with Gasteiger partial charge < -0.3 is 69.1 Å². The number of anilines is 6. The number of ether oxygens (including phenoxy) is 6. The summed E-state index contributed by atoms with van der Waals surface area (Å²) in [6.45, 7) is 7.02. The molecule has 1 aliphatic rings. The van der Waals surface area contributed by atoms with Crippen molar-refractivity contribution in [3.8, 4) is 68.3 Å². The van der Waals surface area contributed by atoms with Gasteiger partial charge in [0.25, 0.3) is 0 Å². The van der Waals surface area contributed by atoms with Crippen molar-refractivity contribution < 1.29 is 56.9 Å². The Kier molecular flexibility index (Phi) is 26.5. The fourth-order valence-electron chi connectivity index (χ4n) is 12.3. The summed E-state index contributed by atoms with van der Waals surface area (Å²) >= 11 is 0. The highest BCUT2D eigenvalue weighted by Crippen LogP contribution is 2.38. The topological polar surface area (TPSA) is 287 Å². The molecular formula is C77H90F3N19O9. The number of aromatic nitrogens is 12. The molecule has 1 saturated heterocycles. The first-order valence-electron chi connectivity index (χ1n) is 34.9. The molecule has 0 radical (unpaired) electrons. The molecule has 108 heavy (non-hydrogen) atoms. The molecular weight excluding hydrogens is 1390 g/mol. The summed E-state index contributed by atoms with van der Waals surface area (Å²) in [6.07, 6.45) is 10.7. The van der Waals surface area contributed by atoms with Crippen molar-refractivity contribution in [1.82, 2.24) is 79.7 Å². The minimum Gasteiger partial charge on any atom is -0.497 e. The first-order valence-corrected chi connectivity index (χ1v) is 34.9. The molecule has 1 atom stereocenters. The van der Waals surface area contributed by atoms with Crippen LogP contribution in [0.1, 0.15) is 0 Å². The molecule has 6 aromatic carbocycles. The van der Waals surface area contributed by atoms with Crippen LogP contribution in [-0.4, -0.2) is 238 Å². The second kappa shape index (κ2) is 36.8. The number of rotatable bonds is 30. The minimum absolute atomic E-state index is 0.0115. The molecule has 0 unspecified atom stereocenters. The van der Waals surface area contributed by atoms with E-state index in [-0.39, 0.29) is 26.3 Å². The van der Waals surface area contributed by atoms with Crippen LogP contribution in [0.4, 0.5) is 47.3 Å². The zero-order valence-electron chi connectivity index (χ0n) is 61.8. The lowest BCUT2D eigenvalue weighted by Gasteiger charge is -2.36. The Labute approximate surface area is 623 Å². The number of β-amino-alcohol motifs (C(OH)–C–C–N with tert-alkyl or cyclic N) is 1. The van der Waals surface area contributed by atoms with E-state index in [1.165, 1.54) is 14.2 Å². The maximum absolute atomic E-state index is 12.6. The Balaban J connectivity index is 0.000000162. The first kappa shape index (κ1) is 77.8. The van der Waals surface area contributed by atoms with Gasteiger partial charge in [-0.05, 0) is 54.6 Å². The fraction of sp³-hybridized carbons (Fsp3) is 0.338. The molecule has 0 amide bonds. The number of alkyl halides is 3. The van der Waals surface area contributed by atoms with Gasteiger partial charge in [0.15, 0.2) is 0 Å². The molecule has 31 heteroatoms. The average molecular weight is 1480 g/mol. The van der Waals surface area contributed by atoms with E-state index in [0.717, 1.165) is 130 Å². The molecule has 568 valence electrons. The van der Waals surface area contributed by atoms with Crippen LogP contribution in [0.5, 0.6) is 34.5 Å². The lowest BCUT2D eigenvalue weighted by Crippen LogP contribution is -2.48. The molecule has 0 aliphatic carbocycles. The predicted octanol–water partition coefficient (Wildman–Crippen LogP) is 9.26. The molecule has 5 N–H and O–H groups in total. The molecule has 0 bridgehead atoms. The summed E-state index contributed by atoms with van der Waals surface area (Å²) < 4.78 is 75.8. The van der Waals surface area contributed by atoms with Gasteiger partial charge in [0.1, 0.15) is 34.5 Å². The molecule has 0 spiro atoms. The largest absolute Gasteiger partial charge is 0.497 e. The van der Waals surface area contributed by atoms with E-state index >= 15 is 0 Å². The van der Waals surface area contributed by atoms with Gasteiger partial charge in [0, 0.05) is 217 Å². The lowest BCUT2D eigenvalue weighted by atomic mass is 10.1. The molecule has 1 aliphatic heterocycles. The minimum atomic E-state index is -4.37. The first-order chi connectivity index (χ1) is 52.3. The summed E-state index contributed by atoms with van der Waals surface area (Å²) in [5.41, 5.74) is 14.5. The summed E-state index contributed by atoms with van der Waals surface area (Å²) in [7, 11) is 15.2. The van der Waals surface area contributed by atoms with Crippen LogP contribution in [-0.2, 0) is 21.1 Å². The third kappa shape index (κ3) is 20.6. The number of hydrogen-bond donors (Lipinski definition) is 5. The monoisotopic (exact) mass is 1480 g/mol. The Morgan fingerprint density at radius 1 is 0.426 bits per heavy atom. The summed E-state index contributed by atoms with van der Waals surface area (Å²) in [4.78, 5) is 39.2. The van der Waals surface area contributed by atoms with Gasteiger partial charge >= 0.3 is 6.18 Å². The van der Waals surface area contributed by atoms with Gasteiger partial charge in [0.05, 0.1) is 162 Å². The van der Waals surface area contributed by atoms with Gasteiger partial charge in [-0.25, -0.2) is 15.0 Å². The Bertz CT molecular complexity index is 4850. The molecule has 7 heterocycles. The number of hydrogen-bond acceptors (Lipinski definition) is 25. The Morgan fingerprint density at radius 2 is 0.787 bits per heavy atom. The van der Waals surface area contributed by atoms with E-state index in [1.54, 1.807) is 109 Å². The van der Waals surface area contributed by atoms with Crippen molar-refractivity contribution in [3.63, 3.8) is 0 Å². The number of piperazine rings is 1. The van der Waals surface area contributed by atoms with Gasteiger partial charge in [-0.15, -0.1) is 0 Å². The maximum atomic E-state index is 12.6. The molecule has 6 aromatic heterocycles. The van der Waals surface area contributed by atoms with Crippen molar-refractivity contribution in [2.24, 2.45) is 21.1 Å². The lowest BCUT2D eigenvalue weighted by molar-refractivity contribution is -0.125.